The topological polar surface area (TPSA) is 56.0 Å². The molecule has 0 spiro atoms. The minimum atomic E-state index is -0.674. The summed E-state index contributed by atoms with van der Waals surface area (Å²) in [4.78, 5) is 20.8. The molecule has 1 atom stereocenters. The van der Waals surface area contributed by atoms with Crippen LogP contribution in [0.1, 0.15) is 75.5 Å². The number of carbonyl (C=O) groups is 1. The first kappa shape index (κ1) is 33.3. The summed E-state index contributed by atoms with van der Waals surface area (Å²) >= 11 is 12.8. The van der Waals surface area contributed by atoms with Crippen molar-refractivity contribution in [2.75, 3.05) is 4.90 Å². The summed E-state index contributed by atoms with van der Waals surface area (Å²) in [6.45, 7) is 4.69. The van der Waals surface area contributed by atoms with Gasteiger partial charge in [-0.15, -0.1) is 0 Å². The zero-order valence-corrected chi connectivity index (χ0v) is 30.6. The predicted octanol–water partition coefficient (Wildman–Crippen LogP) is 10.5. The molecule has 0 N–H and O–H groups in total. The van der Waals surface area contributed by atoms with Crippen LogP contribution in [0, 0.1) is 5.82 Å². The van der Waals surface area contributed by atoms with Crippen LogP contribution >= 0.6 is 23.2 Å². The minimum absolute atomic E-state index is 0.0137. The highest BCUT2D eigenvalue weighted by molar-refractivity contribution is 6.32. The zero-order chi connectivity index (χ0) is 36.4. The highest BCUT2D eigenvalue weighted by atomic mass is 35.5. The third kappa shape index (κ3) is 5.09. The molecule has 0 fully saturated rings. The molecule has 0 aliphatic carbocycles. The SMILES string of the molecule is CC(C)c1c2c(nn1CCc1cn(C(c3ccccc3)(c3ccccc3)c3ccccc3)cn1)C(=O)N1c3c(ccc(Cl)c3F)-c3cc(Cl)ccc3C21. The van der Waals surface area contributed by atoms with Gasteiger partial charge in [0.25, 0.3) is 5.91 Å². The second-order valence-electron chi connectivity index (χ2n) is 13.9. The second-order valence-corrected chi connectivity index (χ2v) is 14.8. The van der Waals surface area contributed by atoms with E-state index in [4.69, 9.17) is 33.3 Å². The number of carbonyl (C=O) groups excluding carboxylic acids is 1. The van der Waals surface area contributed by atoms with Crippen molar-refractivity contribution in [3.8, 4) is 11.1 Å². The van der Waals surface area contributed by atoms with E-state index in [1.54, 1.807) is 6.07 Å². The first-order chi connectivity index (χ1) is 25.8. The Morgan fingerprint density at radius 3 is 2.04 bits per heavy atom. The van der Waals surface area contributed by atoms with Gasteiger partial charge in [-0.2, -0.15) is 5.10 Å². The van der Waals surface area contributed by atoms with E-state index < -0.39 is 17.4 Å². The van der Waals surface area contributed by atoms with Gasteiger partial charge in [0.1, 0.15) is 5.54 Å². The van der Waals surface area contributed by atoms with Gasteiger partial charge in [-0.3, -0.25) is 14.4 Å². The highest BCUT2D eigenvalue weighted by Gasteiger charge is 2.49. The molecule has 7 aromatic rings. The van der Waals surface area contributed by atoms with Gasteiger partial charge in [-0.05, 0) is 51.9 Å². The van der Waals surface area contributed by atoms with E-state index in [-0.39, 0.29) is 22.5 Å². The molecule has 9 heteroatoms. The molecule has 0 saturated heterocycles. The Morgan fingerprint density at radius 2 is 1.43 bits per heavy atom. The van der Waals surface area contributed by atoms with E-state index in [0.717, 1.165) is 44.8 Å². The van der Waals surface area contributed by atoms with Gasteiger partial charge in [0.15, 0.2) is 11.5 Å². The summed E-state index contributed by atoms with van der Waals surface area (Å²) in [6.07, 6.45) is 4.61. The number of nitrogens with zero attached hydrogens (tertiary/aromatic N) is 5. The average molecular weight is 739 g/mol. The van der Waals surface area contributed by atoms with Gasteiger partial charge >= 0.3 is 0 Å². The Kier molecular flexibility index (Phi) is 8.09. The normalized spacial score (nSPS) is 14.6. The Labute approximate surface area is 317 Å². The lowest BCUT2D eigenvalue weighted by Crippen LogP contribution is -2.36. The molecular weight excluding hydrogens is 704 g/mol. The largest absolute Gasteiger partial charge is 0.319 e. The lowest BCUT2D eigenvalue weighted by molar-refractivity contribution is 0.0986. The molecule has 1 amide bonds. The summed E-state index contributed by atoms with van der Waals surface area (Å²) in [6, 6.07) is 39.8. The summed E-state index contributed by atoms with van der Waals surface area (Å²) in [5.74, 6) is -0.971. The van der Waals surface area contributed by atoms with Gasteiger partial charge in [0, 0.05) is 41.0 Å². The van der Waals surface area contributed by atoms with Crippen LogP contribution in [0.5, 0.6) is 0 Å². The standard InChI is InChI=1S/C44H34Cl2FN5O/c1-27(2)40-37-39(43(53)52-41(37)33-19-18-31(45)24-35(33)34-20-21-36(46)38(47)42(34)52)49-51(40)23-22-32-25-50(26-48-32)44(28-12-6-3-7-13-28,29-14-8-4-9-15-29)30-16-10-5-11-17-30/h3-21,24-27,41H,22-23H2,1-2H3. The first-order valence-electron chi connectivity index (χ1n) is 17.7. The van der Waals surface area contributed by atoms with E-state index in [1.807, 2.05) is 47.4 Å². The van der Waals surface area contributed by atoms with Crippen LogP contribution in [0.15, 0.2) is 134 Å². The predicted molar refractivity (Wildman–Crippen MR) is 207 cm³/mol. The van der Waals surface area contributed by atoms with E-state index in [1.165, 1.54) is 11.0 Å². The maximum atomic E-state index is 15.9. The van der Waals surface area contributed by atoms with Crippen molar-refractivity contribution in [3.63, 3.8) is 0 Å². The summed E-state index contributed by atoms with van der Waals surface area (Å²) in [7, 11) is 0. The van der Waals surface area contributed by atoms with Crippen LogP contribution in [0.25, 0.3) is 11.1 Å². The van der Waals surface area contributed by atoms with Crippen LogP contribution in [0.3, 0.4) is 0 Å². The maximum Gasteiger partial charge on any atom is 0.280 e. The van der Waals surface area contributed by atoms with Crippen molar-refractivity contribution >= 4 is 34.8 Å². The number of imidazole rings is 1. The van der Waals surface area contributed by atoms with Crippen LogP contribution in [-0.4, -0.2) is 25.2 Å². The molecule has 4 heterocycles. The van der Waals surface area contributed by atoms with Crippen LogP contribution < -0.4 is 4.90 Å². The van der Waals surface area contributed by atoms with Crippen molar-refractivity contribution in [2.45, 2.75) is 44.3 Å². The van der Waals surface area contributed by atoms with E-state index in [2.05, 4.69) is 97.4 Å². The third-order valence-corrected chi connectivity index (χ3v) is 11.1. The maximum absolute atomic E-state index is 15.9. The van der Waals surface area contributed by atoms with Crippen molar-refractivity contribution < 1.29 is 9.18 Å². The van der Waals surface area contributed by atoms with Crippen LogP contribution in [-0.2, 0) is 18.5 Å². The third-order valence-electron chi connectivity index (χ3n) is 10.6. The van der Waals surface area contributed by atoms with Gasteiger partial charge in [-0.1, -0.05) is 140 Å². The Hall–Kier alpha value is -5.50. The molecule has 262 valence electrons. The smallest absolute Gasteiger partial charge is 0.280 e. The Morgan fingerprint density at radius 1 is 0.811 bits per heavy atom. The van der Waals surface area contributed by atoms with Crippen LogP contribution in [0.2, 0.25) is 10.0 Å². The molecule has 9 rings (SSSR count). The quantitative estimate of drug-likeness (QED) is 0.146. The number of aryl methyl sites for hydroxylation is 2. The molecule has 5 aromatic carbocycles. The summed E-state index contributed by atoms with van der Waals surface area (Å²) < 4.78 is 20.0. The molecule has 1 unspecified atom stereocenters. The lowest BCUT2D eigenvalue weighted by atomic mass is 9.77. The highest BCUT2D eigenvalue weighted by Crippen LogP contribution is 2.55. The van der Waals surface area contributed by atoms with Crippen molar-refractivity contribution in [3.05, 3.63) is 195 Å². The fraction of sp³-hybridized carbons (Fsp3) is 0.159. The lowest BCUT2D eigenvalue weighted by Gasteiger charge is -2.37. The first-order valence-corrected chi connectivity index (χ1v) is 18.5. The average Bonchev–Trinajstić information content (AvgIpc) is 3.88. The molecule has 53 heavy (non-hydrogen) atoms. The number of benzene rings is 5. The summed E-state index contributed by atoms with van der Waals surface area (Å²) in [5, 5.41) is 5.43. The van der Waals surface area contributed by atoms with Crippen molar-refractivity contribution in [1.29, 1.82) is 0 Å². The molecule has 0 bridgehead atoms. The van der Waals surface area contributed by atoms with E-state index in [9.17, 15) is 4.79 Å². The van der Waals surface area contributed by atoms with E-state index >= 15 is 4.39 Å². The number of hydrogen-bond donors (Lipinski definition) is 0. The number of aromatic nitrogens is 4. The van der Waals surface area contributed by atoms with Gasteiger partial charge in [0.2, 0.25) is 0 Å². The molecular formula is C44H34Cl2FN5O. The molecule has 0 saturated carbocycles. The number of anilines is 1. The van der Waals surface area contributed by atoms with Gasteiger partial charge < -0.3 is 4.57 Å². The molecule has 6 nitrogen and oxygen atoms in total. The molecule has 0 radical (unpaired) electrons. The van der Waals surface area contributed by atoms with Gasteiger partial charge in [0.05, 0.1) is 28.8 Å². The second kappa shape index (κ2) is 12.9. The molecule has 2 aliphatic rings. The number of amides is 1. The fourth-order valence-electron chi connectivity index (χ4n) is 8.46. The fourth-order valence-corrected chi connectivity index (χ4v) is 8.78. The number of rotatable bonds is 8. The zero-order valence-electron chi connectivity index (χ0n) is 29.0. The van der Waals surface area contributed by atoms with E-state index in [0.29, 0.717) is 29.2 Å². The van der Waals surface area contributed by atoms with Gasteiger partial charge in [-0.25, -0.2) is 9.37 Å². The molecule has 2 aromatic heterocycles. The number of halogens is 3. The minimum Gasteiger partial charge on any atom is -0.319 e. The Bertz CT molecular complexity index is 2420. The molecule has 2 aliphatic heterocycles. The van der Waals surface area contributed by atoms with Crippen molar-refractivity contribution in [1.82, 2.24) is 19.3 Å². The number of fused-ring (bicyclic) bond motifs is 8. The Balaban J connectivity index is 1.12. The summed E-state index contributed by atoms with van der Waals surface area (Å²) in [5.41, 5.74) is 7.98. The number of hydrogen-bond acceptors (Lipinski definition) is 3. The monoisotopic (exact) mass is 737 g/mol. The van der Waals surface area contributed by atoms with Crippen LogP contribution in [0.4, 0.5) is 10.1 Å². The van der Waals surface area contributed by atoms with Crippen molar-refractivity contribution in [2.24, 2.45) is 0 Å².